The minimum absolute atomic E-state index is 0.0205. The SMILES string of the molecule is CCOC(=O)C1=C(c2ccccc2)N=C2SC=C(CC(=O)NCC(C)C)N2[C@H]1c1ccc(C(F)(F)F)cc1. The van der Waals surface area contributed by atoms with Crippen molar-refractivity contribution in [2.75, 3.05) is 13.2 Å². The van der Waals surface area contributed by atoms with Crippen molar-refractivity contribution in [1.29, 1.82) is 0 Å². The molecule has 0 saturated heterocycles. The van der Waals surface area contributed by atoms with E-state index in [2.05, 4.69) is 5.32 Å². The number of amidine groups is 1. The minimum atomic E-state index is -4.50. The lowest BCUT2D eigenvalue weighted by Gasteiger charge is -2.37. The van der Waals surface area contributed by atoms with Crippen molar-refractivity contribution < 1.29 is 27.5 Å². The third-order valence-corrected chi connectivity index (χ3v) is 6.84. The molecular formula is C28H28F3N3O3S. The number of amides is 1. The van der Waals surface area contributed by atoms with Gasteiger partial charge in [-0.15, -0.1) is 0 Å². The maximum Gasteiger partial charge on any atom is 0.416 e. The third kappa shape index (κ3) is 5.96. The van der Waals surface area contributed by atoms with E-state index in [-0.39, 0.29) is 30.4 Å². The van der Waals surface area contributed by atoms with Crippen molar-refractivity contribution in [2.24, 2.45) is 10.9 Å². The zero-order valence-corrected chi connectivity index (χ0v) is 22.0. The summed E-state index contributed by atoms with van der Waals surface area (Å²) in [5.74, 6) is -0.558. The lowest BCUT2D eigenvalue weighted by atomic mass is 9.91. The maximum absolute atomic E-state index is 13.4. The molecule has 2 heterocycles. The normalized spacial score (nSPS) is 17.2. The molecule has 0 radical (unpaired) electrons. The molecule has 2 aromatic rings. The fourth-order valence-electron chi connectivity index (χ4n) is 4.20. The number of nitrogens with zero attached hydrogens (tertiary/aromatic N) is 2. The molecule has 0 aromatic heterocycles. The van der Waals surface area contributed by atoms with Crippen LogP contribution >= 0.6 is 11.8 Å². The van der Waals surface area contributed by atoms with E-state index in [1.807, 2.05) is 44.2 Å². The quantitative estimate of drug-likeness (QED) is 0.405. The highest BCUT2D eigenvalue weighted by Gasteiger charge is 2.42. The number of thioether (sulfide) groups is 1. The highest BCUT2D eigenvalue weighted by Crippen LogP contribution is 2.47. The Hall–Kier alpha value is -3.53. The van der Waals surface area contributed by atoms with E-state index >= 15 is 0 Å². The van der Waals surface area contributed by atoms with Crippen LogP contribution in [0.1, 0.15) is 49.9 Å². The fraction of sp³-hybridized carbons (Fsp3) is 0.321. The number of esters is 1. The average Bonchev–Trinajstić information content (AvgIpc) is 3.28. The number of nitrogens with one attached hydrogen (secondary N) is 1. The molecule has 1 N–H and O–H groups in total. The molecule has 38 heavy (non-hydrogen) atoms. The highest BCUT2D eigenvalue weighted by molar-refractivity contribution is 8.16. The van der Waals surface area contributed by atoms with E-state index in [9.17, 15) is 22.8 Å². The molecule has 1 atom stereocenters. The Morgan fingerprint density at radius 2 is 1.79 bits per heavy atom. The second-order valence-electron chi connectivity index (χ2n) is 9.24. The van der Waals surface area contributed by atoms with E-state index < -0.39 is 23.8 Å². The summed E-state index contributed by atoms with van der Waals surface area (Å²) in [4.78, 5) is 32.7. The standard InChI is InChI=1S/C28H28F3N3O3S/c1-4-37-26(36)23-24(18-8-6-5-7-9-18)33-27-34(21(16-38-27)14-22(35)32-15-17(2)3)25(23)19-10-12-20(13-11-19)28(29,30)31/h5-13,16-17,25H,4,14-15H2,1-3H3,(H,32,35)/t25-/m0/s1. The first kappa shape index (κ1) is 27.5. The molecule has 0 unspecified atom stereocenters. The molecule has 1 amide bonds. The number of alkyl halides is 3. The second kappa shape index (κ2) is 11.5. The third-order valence-electron chi connectivity index (χ3n) is 5.96. The lowest BCUT2D eigenvalue weighted by Crippen LogP contribution is -2.38. The molecule has 0 aliphatic carbocycles. The summed E-state index contributed by atoms with van der Waals surface area (Å²) in [6, 6.07) is 12.9. The van der Waals surface area contributed by atoms with Gasteiger partial charge in [-0.1, -0.05) is 68.1 Å². The van der Waals surface area contributed by atoms with E-state index in [1.165, 1.54) is 23.9 Å². The Morgan fingerprint density at radius 1 is 1.11 bits per heavy atom. The number of halogens is 3. The summed E-state index contributed by atoms with van der Waals surface area (Å²) in [5.41, 5.74) is 1.48. The van der Waals surface area contributed by atoms with Gasteiger partial charge in [-0.2, -0.15) is 13.2 Å². The second-order valence-corrected chi connectivity index (χ2v) is 10.1. The van der Waals surface area contributed by atoms with Crippen LogP contribution in [-0.4, -0.2) is 35.1 Å². The molecule has 0 fully saturated rings. The number of aliphatic imine (C=N–C) groups is 1. The van der Waals surface area contributed by atoms with Gasteiger partial charge in [-0.3, -0.25) is 4.79 Å². The predicted octanol–water partition coefficient (Wildman–Crippen LogP) is 6.14. The summed E-state index contributed by atoms with van der Waals surface area (Å²) in [5, 5.41) is 5.20. The number of carbonyl (C=O) groups is 2. The minimum Gasteiger partial charge on any atom is -0.463 e. The van der Waals surface area contributed by atoms with Crippen molar-refractivity contribution in [3.05, 3.63) is 88.0 Å². The van der Waals surface area contributed by atoms with Crippen molar-refractivity contribution >= 4 is 34.5 Å². The number of ether oxygens (including phenoxy) is 1. The van der Waals surface area contributed by atoms with Crippen LogP contribution in [0.5, 0.6) is 0 Å². The Balaban J connectivity index is 1.84. The van der Waals surface area contributed by atoms with Crippen LogP contribution in [0, 0.1) is 5.92 Å². The molecule has 2 aliphatic rings. The predicted molar refractivity (Wildman–Crippen MR) is 142 cm³/mol. The Bertz CT molecular complexity index is 1290. The van der Waals surface area contributed by atoms with Gasteiger partial charge in [0, 0.05) is 17.8 Å². The molecule has 2 aliphatic heterocycles. The molecule has 4 rings (SSSR count). The summed E-state index contributed by atoms with van der Waals surface area (Å²) < 4.78 is 45.4. The first-order chi connectivity index (χ1) is 18.1. The molecule has 200 valence electrons. The highest BCUT2D eigenvalue weighted by atomic mass is 32.2. The van der Waals surface area contributed by atoms with Crippen molar-refractivity contribution in [1.82, 2.24) is 10.2 Å². The summed E-state index contributed by atoms with van der Waals surface area (Å²) in [7, 11) is 0. The first-order valence-corrected chi connectivity index (χ1v) is 13.1. The number of hydrogen-bond acceptors (Lipinski definition) is 6. The van der Waals surface area contributed by atoms with Crippen LogP contribution in [0.25, 0.3) is 5.70 Å². The van der Waals surface area contributed by atoms with Gasteiger partial charge in [0.05, 0.1) is 35.9 Å². The lowest BCUT2D eigenvalue weighted by molar-refractivity contribution is -0.139. The molecule has 0 saturated carbocycles. The van der Waals surface area contributed by atoms with Crippen LogP contribution in [0.2, 0.25) is 0 Å². The number of rotatable bonds is 8. The van der Waals surface area contributed by atoms with Gasteiger partial charge in [-0.05, 0) is 35.9 Å². The van der Waals surface area contributed by atoms with E-state index in [0.29, 0.717) is 34.2 Å². The smallest absolute Gasteiger partial charge is 0.416 e. The summed E-state index contributed by atoms with van der Waals surface area (Å²) in [6.45, 7) is 6.27. The van der Waals surface area contributed by atoms with Gasteiger partial charge in [0.2, 0.25) is 5.91 Å². The summed E-state index contributed by atoms with van der Waals surface area (Å²) >= 11 is 1.30. The Labute approximate surface area is 223 Å². The number of hydrogen-bond donors (Lipinski definition) is 1. The fourth-order valence-corrected chi connectivity index (χ4v) is 5.12. The zero-order valence-electron chi connectivity index (χ0n) is 21.2. The summed E-state index contributed by atoms with van der Waals surface area (Å²) in [6.07, 6.45) is -4.48. The van der Waals surface area contributed by atoms with Crippen molar-refractivity contribution in [2.45, 2.75) is 39.4 Å². The molecule has 6 nitrogen and oxygen atoms in total. The van der Waals surface area contributed by atoms with Gasteiger partial charge in [-0.25, -0.2) is 9.79 Å². The molecule has 10 heteroatoms. The van der Waals surface area contributed by atoms with Gasteiger partial charge in [0.15, 0.2) is 5.17 Å². The topological polar surface area (TPSA) is 71.0 Å². The number of fused-ring (bicyclic) bond motifs is 1. The number of benzene rings is 2. The average molecular weight is 544 g/mol. The van der Waals surface area contributed by atoms with E-state index in [1.54, 1.807) is 17.2 Å². The maximum atomic E-state index is 13.4. The van der Waals surface area contributed by atoms with Crippen molar-refractivity contribution in [3.8, 4) is 0 Å². The molecule has 0 bridgehead atoms. The Morgan fingerprint density at radius 3 is 2.39 bits per heavy atom. The molecular weight excluding hydrogens is 515 g/mol. The van der Waals surface area contributed by atoms with Crippen LogP contribution in [0.4, 0.5) is 13.2 Å². The van der Waals surface area contributed by atoms with Gasteiger partial charge in [0.25, 0.3) is 0 Å². The first-order valence-electron chi connectivity index (χ1n) is 12.2. The largest absolute Gasteiger partial charge is 0.463 e. The monoisotopic (exact) mass is 543 g/mol. The van der Waals surface area contributed by atoms with Crippen molar-refractivity contribution in [3.63, 3.8) is 0 Å². The Kier molecular flexibility index (Phi) is 8.30. The molecule has 0 spiro atoms. The number of carbonyl (C=O) groups excluding carboxylic acids is 2. The van der Waals surface area contributed by atoms with Gasteiger partial charge < -0.3 is 15.0 Å². The van der Waals surface area contributed by atoms with Crippen LogP contribution in [0.15, 0.2) is 76.3 Å². The van der Waals surface area contributed by atoms with E-state index in [4.69, 9.17) is 9.73 Å². The van der Waals surface area contributed by atoms with E-state index in [0.717, 1.165) is 12.1 Å². The van der Waals surface area contributed by atoms with Gasteiger partial charge in [0.1, 0.15) is 0 Å². The van der Waals surface area contributed by atoms with Crippen LogP contribution < -0.4 is 5.32 Å². The zero-order chi connectivity index (χ0) is 27.4. The van der Waals surface area contributed by atoms with Crippen LogP contribution in [0.3, 0.4) is 0 Å². The van der Waals surface area contributed by atoms with Gasteiger partial charge >= 0.3 is 12.1 Å². The van der Waals surface area contributed by atoms with Crippen LogP contribution in [-0.2, 0) is 20.5 Å². The molecule has 2 aromatic carbocycles.